The number of hydrogen-bond acceptors (Lipinski definition) is 3. The van der Waals surface area contributed by atoms with Crippen molar-refractivity contribution in [3.05, 3.63) is 47.0 Å². The normalized spacial score (nSPS) is 10.4. The number of hydrogen-bond donors (Lipinski definition) is 0. The summed E-state index contributed by atoms with van der Waals surface area (Å²) in [7, 11) is 1.80. The monoisotopic (exact) mass is 215 g/mol. The van der Waals surface area contributed by atoms with Gasteiger partial charge in [0.2, 0.25) is 0 Å². The largest absolute Gasteiger partial charge is 0.288 e. The molecule has 0 aliphatic carbocycles. The van der Waals surface area contributed by atoms with Crippen molar-refractivity contribution in [3.8, 4) is 0 Å². The second-order valence-corrected chi connectivity index (χ2v) is 3.82. The van der Waals surface area contributed by atoms with Gasteiger partial charge in [-0.25, -0.2) is 0 Å². The Hall–Kier alpha value is -1.97. The average molecular weight is 215 g/mol. The first-order valence-corrected chi connectivity index (χ1v) is 5.05. The van der Waals surface area contributed by atoms with Gasteiger partial charge in [-0.3, -0.25) is 14.5 Å². The standard InChI is InChI=1S/C12H13N3O/c1-8-4-5-10(6-13-8)12(16)11-7-15(3)14-9(11)2/h4-7H,1-3H3. The third-order valence-corrected chi connectivity index (χ3v) is 2.43. The van der Waals surface area contributed by atoms with Crippen LogP contribution in [0.4, 0.5) is 0 Å². The van der Waals surface area contributed by atoms with Crippen molar-refractivity contribution >= 4 is 5.78 Å². The minimum atomic E-state index is -0.0295. The minimum Gasteiger partial charge on any atom is -0.288 e. The summed E-state index contributed by atoms with van der Waals surface area (Å²) in [6.45, 7) is 3.72. The third-order valence-electron chi connectivity index (χ3n) is 2.43. The molecule has 4 nitrogen and oxygen atoms in total. The molecule has 2 aromatic rings. The Balaban J connectivity index is 2.39. The highest BCUT2D eigenvalue weighted by molar-refractivity contribution is 6.09. The van der Waals surface area contributed by atoms with E-state index in [1.807, 2.05) is 19.9 Å². The minimum absolute atomic E-state index is 0.0295. The van der Waals surface area contributed by atoms with E-state index in [0.717, 1.165) is 11.4 Å². The number of aromatic nitrogens is 3. The summed E-state index contributed by atoms with van der Waals surface area (Å²) in [6.07, 6.45) is 3.33. The van der Waals surface area contributed by atoms with Crippen LogP contribution in [0.5, 0.6) is 0 Å². The first kappa shape index (κ1) is 10.5. The van der Waals surface area contributed by atoms with Crippen LogP contribution < -0.4 is 0 Å². The maximum Gasteiger partial charge on any atom is 0.198 e. The molecule has 2 heterocycles. The summed E-state index contributed by atoms with van der Waals surface area (Å²) in [5.41, 5.74) is 2.88. The molecule has 0 bridgehead atoms. The molecule has 16 heavy (non-hydrogen) atoms. The van der Waals surface area contributed by atoms with Crippen LogP contribution in [0, 0.1) is 13.8 Å². The summed E-state index contributed by atoms with van der Waals surface area (Å²) in [4.78, 5) is 16.2. The number of rotatable bonds is 2. The first-order chi connectivity index (χ1) is 7.58. The number of nitrogens with zero attached hydrogens (tertiary/aromatic N) is 3. The molecule has 0 radical (unpaired) electrons. The average Bonchev–Trinajstić information content (AvgIpc) is 2.58. The third kappa shape index (κ3) is 1.86. The quantitative estimate of drug-likeness (QED) is 0.716. The van der Waals surface area contributed by atoms with Gasteiger partial charge in [-0.1, -0.05) is 0 Å². The fourth-order valence-corrected chi connectivity index (χ4v) is 1.58. The summed E-state index contributed by atoms with van der Waals surface area (Å²) in [6, 6.07) is 3.62. The Morgan fingerprint density at radius 2 is 2.06 bits per heavy atom. The Bertz CT molecular complexity index is 526. The fraction of sp³-hybridized carbons (Fsp3) is 0.250. The number of carbonyl (C=O) groups is 1. The Morgan fingerprint density at radius 3 is 2.56 bits per heavy atom. The number of aryl methyl sites for hydroxylation is 3. The van der Waals surface area contributed by atoms with Crippen LogP contribution in [0.15, 0.2) is 24.5 Å². The molecule has 0 aliphatic rings. The highest BCUT2D eigenvalue weighted by Gasteiger charge is 2.14. The van der Waals surface area contributed by atoms with Crippen LogP contribution >= 0.6 is 0 Å². The van der Waals surface area contributed by atoms with Gasteiger partial charge in [0, 0.05) is 30.7 Å². The van der Waals surface area contributed by atoms with Gasteiger partial charge >= 0.3 is 0 Å². The molecule has 0 spiro atoms. The van der Waals surface area contributed by atoms with E-state index in [1.54, 1.807) is 30.2 Å². The van der Waals surface area contributed by atoms with Crippen molar-refractivity contribution in [1.82, 2.24) is 14.8 Å². The molecular weight excluding hydrogens is 202 g/mol. The van der Waals surface area contributed by atoms with Crippen LogP contribution in [0.2, 0.25) is 0 Å². The Kier molecular flexibility index (Phi) is 2.56. The van der Waals surface area contributed by atoms with Crippen LogP contribution in [0.3, 0.4) is 0 Å². The lowest BCUT2D eigenvalue weighted by Gasteiger charge is -1.99. The molecule has 0 unspecified atom stereocenters. The van der Waals surface area contributed by atoms with Gasteiger partial charge < -0.3 is 0 Å². The maximum atomic E-state index is 12.1. The van der Waals surface area contributed by atoms with Gasteiger partial charge in [0.25, 0.3) is 0 Å². The number of ketones is 1. The lowest BCUT2D eigenvalue weighted by atomic mass is 10.1. The van der Waals surface area contributed by atoms with Crippen molar-refractivity contribution in [2.75, 3.05) is 0 Å². The maximum absolute atomic E-state index is 12.1. The summed E-state index contributed by atoms with van der Waals surface area (Å²) < 4.78 is 1.64. The van der Waals surface area contributed by atoms with Gasteiger partial charge in [0.15, 0.2) is 5.78 Å². The van der Waals surface area contributed by atoms with Gasteiger partial charge in [0.1, 0.15) is 0 Å². The van der Waals surface area contributed by atoms with E-state index in [-0.39, 0.29) is 5.78 Å². The summed E-state index contributed by atoms with van der Waals surface area (Å²) >= 11 is 0. The van der Waals surface area contributed by atoms with Crippen molar-refractivity contribution < 1.29 is 4.79 Å². The zero-order valence-electron chi connectivity index (χ0n) is 9.56. The lowest BCUT2D eigenvalue weighted by molar-refractivity contribution is 0.103. The molecule has 0 fully saturated rings. The fourth-order valence-electron chi connectivity index (χ4n) is 1.58. The van der Waals surface area contributed by atoms with E-state index in [1.165, 1.54) is 0 Å². The van der Waals surface area contributed by atoms with Crippen molar-refractivity contribution in [1.29, 1.82) is 0 Å². The predicted molar refractivity (Wildman–Crippen MR) is 60.4 cm³/mol. The number of carbonyl (C=O) groups excluding carboxylic acids is 1. The van der Waals surface area contributed by atoms with Crippen LogP contribution in [-0.4, -0.2) is 20.5 Å². The molecule has 0 saturated heterocycles. The van der Waals surface area contributed by atoms with Crippen molar-refractivity contribution in [2.24, 2.45) is 7.05 Å². The zero-order valence-corrected chi connectivity index (χ0v) is 9.56. The van der Waals surface area contributed by atoms with Gasteiger partial charge in [-0.15, -0.1) is 0 Å². The Labute approximate surface area is 93.9 Å². The van der Waals surface area contributed by atoms with Crippen LogP contribution in [0.25, 0.3) is 0 Å². The molecule has 0 aliphatic heterocycles. The van der Waals surface area contributed by atoms with Crippen LogP contribution in [-0.2, 0) is 7.05 Å². The predicted octanol–water partition coefficient (Wildman–Crippen LogP) is 1.66. The molecule has 0 saturated carbocycles. The van der Waals surface area contributed by atoms with E-state index < -0.39 is 0 Å². The molecular formula is C12H13N3O. The molecule has 0 N–H and O–H groups in total. The van der Waals surface area contributed by atoms with E-state index >= 15 is 0 Å². The highest BCUT2D eigenvalue weighted by Crippen LogP contribution is 2.12. The van der Waals surface area contributed by atoms with Crippen molar-refractivity contribution in [3.63, 3.8) is 0 Å². The first-order valence-electron chi connectivity index (χ1n) is 5.05. The van der Waals surface area contributed by atoms with E-state index in [2.05, 4.69) is 10.1 Å². The smallest absolute Gasteiger partial charge is 0.198 e. The lowest BCUT2D eigenvalue weighted by Crippen LogP contribution is -2.02. The Morgan fingerprint density at radius 1 is 1.31 bits per heavy atom. The van der Waals surface area contributed by atoms with E-state index in [4.69, 9.17) is 0 Å². The molecule has 2 aromatic heterocycles. The van der Waals surface area contributed by atoms with Gasteiger partial charge in [-0.2, -0.15) is 5.10 Å². The van der Waals surface area contributed by atoms with Gasteiger partial charge in [-0.05, 0) is 26.0 Å². The SMILES string of the molecule is Cc1ccc(C(=O)c2cn(C)nc2C)cn1. The molecule has 2 rings (SSSR count). The number of pyridine rings is 1. The summed E-state index contributed by atoms with van der Waals surface area (Å²) in [5, 5.41) is 4.15. The van der Waals surface area contributed by atoms with Crippen molar-refractivity contribution in [2.45, 2.75) is 13.8 Å². The molecule has 0 aromatic carbocycles. The van der Waals surface area contributed by atoms with Gasteiger partial charge in [0.05, 0.1) is 11.3 Å². The topological polar surface area (TPSA) is 47.8 Å². The van der Waals surface area contributed by atoms with E-state index in [0.29, 0.717) is 11.1 Å². The zero-order chi connectivity index (χ0) is 11.7. The summed E-state index contributed by atoms with van der Waals surface area (Å²) in [5.74, 6) is -0.0295. The highest BCUT2D eigenvalue weighted by atomic mass is 16.1. The van der Waals surface area contributed by atoms with E-state index in [9.17, 15) is 4.79 Å². The van der Waals surface area contributed by atoms with Crippen LogP contribution in [0.1, 0.15) is 27.3 Å². The second kappa shape index (κ2) is 3.89. The molecule has 0 amide bonds. The molecule has 4 heteroatoms. The molecule has 0 atom stereocenters. The second-order valence-electron chi connectivity index (χ2n) is 3.82. The molecule has 82 valence electrons.